The molecular formula is C16H24ClN3O. The third kappa shape index (κ3) is 3.33. The van der Waals surface area contributed by atoms with E-state index in [1.165, 1.54) is 0 Å². The van der Waals surface area contributed by atoms with Crippen LogP contribution in [0.5, 0.6) is 5.75 Å². The molecule has 0 radical (unpaired) electrons. The van der Waals surface area contributed by atoms with Gasteiger partial charge in [0.2, 0.25) is 0 Å². The summed E-state index contributed by atoms with van der Waals surface area (Å²) in [6.45, 7) is 5.43. The molecule has 2 rings (SSSR count). The average Bonchev–Trinajstić information content (AvgIpc) is 2.81. The first-order valence-electron chi connectivity index (χ1n) is 7.23. The maximum atomic E-state index is 6.13. The van der Waals surface area contributed by atoms with Crippen molar-refractivity contribution in [3.8, 4) is 5.75 Å². The first-order valence-corrected chi connectivity index (χ1v) is 7.77. The van der Waals surface area contributed by atoms with Crippen LogP contribution < -0.4 is 4.74 Å². The first-order chi connectivity index (χ1) is 9.97. The zero-order valence-electron chi connectivity index (χ0n) is 13.4. The van der Waals surface area contributed by atoms with Gasteiger partial charge in [-0.15, -0.1) is 11.6 Å². The Kier molecular flexibility index (Phi) is 5.12. The van der Waals surface area contributed by atoms with Gasteiger partial charge in [-0.05, 0) is 32.1 Å². The minimum atomic E-state index is 0.340. The third-order valence-corrected chi connectivity index (χ3v) is 3.98. The molecule has 0 bridgehead atoms. The zero-order chi connectivity index (χ0) is 15.6. The number of methoxy groups -OCH3 is 1. The van der Waals surface area contributed by atoms with Crippen LogP contribution in [0.15, 0.2) is 18.2 Å². The number of likely N-dealkylation sites (N-methyl/N-ethyl adjacent to an activating group) is 1. The van der Waals surface area contributed by atoms with Crippen molar-refractivity contribution in [3.63, 3.8) is 0 Å². The van der Waals surface area contributed by atoms with E-state index >= 15 is 0 Å². The summed E-state index contributed by atoms with van der Waals surface area (Å²) in [7, 11) is 5.86. The summed E-state index contributed by atoms with van der Waals surface area (Å²) in [6.07, 6.45) is 0. The predicted molar refractivity (Wildman–Crippen MR) is 88.3 cm³/mol. The van der Waals surface area contributed by atoms with Crippen molar-refractivity contribution in [2.75, 3.05) is 27.7 Å². The number of alkyl halides is 1. The van der Waals surface area contributed by atoms with Crippen LogP contribution in [-0.2, 0) is 5.88 Å². The largest absolute Gasteiger partial charge is 0.497 e. The minimum Gasteiger partial charge on any atom is -0.497 e. The van der Waals surface area contributed by atoms with Gasteiger partial charge in [0.1, 0.15) is 11.6 Å². The topological polar surface area (TPSA) is 30.3 Å². The zero-order valence-corrected chi connectivity index (χ0v) is 14.2. The van der Waals surface area contributed by atoms with Crippen molar-refractivity contribution in [2.45, 2.75) is 25.8 Å². The van der Waals surface area contributed by atoms with Crippen LogP contribution in [0.4, 0.5) is 0 Å². The fourth-order valence-electron chi connectivity index (χ4n) is 2.68. The fraction of sp³-hybridized carbons (Fsp3) is 0.562. The van der Waals surface area contributed by atoms with Crippen molar-refractivity contribution in [1.82, 2.24) is 14.5 Å². The molecule has 1 aromatic carbocycles. The van der Waals surface area contributed by atoms with E-state index in [1.54, 1.807) is 7.11 Å². The monoisotopic (exact) mass is 309 g/mol. The van der Waals surface area contributed by atoms with Crippen LogP contribution >= 0.6 is 11.6 Å². The van der Waals surface area contributed by atoms with E-state index in [0.29, 0.717) is 17.8 Å². The summed E-state index contributed by atoms with van der Waals surface area (Å²) in [5.74, 6) is 2.64. The molecule has 0 saturated carbocycles. The molecule has 0 spiro atoms. The number of hydrogen-bond acceptors (Lipinski definition) is 3. The van der Waals surface area contributed by atoms with Crippen LogP contribution in [0.2, 0.25) is 0 Å². The van der Waals surface area contributed by atoms with Gasteiger partial charge in [0, 0.05) is 12.6 Å². The van der Waals surface area contributed by atoms with E-state index < -0.39 is 0 Å². The second kappa shape index (κ2) is 6.67. The van der Waals surface area contributed by atoms with E-state index in [4.69, 9.17) is 16.3 Å². The molecule has 1 atom stereocenters. The molecule has 116 valence electrons. The highest BCUT2D eigenvalue weighted by molar-refractivity contribution is 6.16. The number of imidazole rings is 1. The molecule has 5 heteroatoms. The highest BCUT2D eigenvalue weighted by Gasteiger charge is 2.22. The predicted octanol–water partition coefficient (Wildman–Crippen LogP) is 3.54. The lowest BCUT2D eigenvalue weighted by Gasteiger charge is -2.28. The fourth-order valence-corrected chi connectivity index (χ4v) is 2.87. The first kappa shape index (κ1) is 16.1. The summed E-state index contributed by atoms with van der Waals surface area (Å²) in [4.78, 5) is 6.89. The molecule has 4 nitrogen and oxygen atoms in total. The second-order valence-electron chi connectivity index (χ2n) is 5.96. The Balaban J connectivity index is 2.58. The summed E-state index contributed by atoms with van der Waals surface area (Å²) < 4.78 is 7.57. The average molecular weight is 310 g/mol. The summed E-state index contributed by atoms with van der Waals surface area (Å²) in [5.41, 5.74) is 2.06. The number of nitrogens with zero attached hydrogens (tertiary/aromatic N) is 3. The van der Waals surface area contributed by atoms with Crippen molar-refractivity contribution in [3.05, 3.63) is 24.0 Å². The van der Waals surface area contributed by atoms with Gasteiger partial charge in [-0.25, -0.2) is 4.98 Å². The number of ether oxygens (including phenoxy) is 1. The summed E-state index contributed by atoms with van der Waals surface area (Å²) in [6, 6.07) is 6.36. The molecule has 1 heterocycles. The van der Waals surface area contributed by atoms with E-state index in [2.05, 4.69) is 48.5 Å². The molecule has 0 fully saturated rings. The SMILES string of the molecule is COc1ccc2c(c1)nc(CCl)n2C(CN(C)C)C(C)C. The Morgan fingerprint density at radius 1 is 1.33 bits per heavy atom. The molecule has 1 unspecified atom stereocenters. The third-order valence-electron chi connectivity index (χ3n) is 3.74. The highest BCUT2D eigenvalue weighted by Crippen LogP contribution is 2.29. The smallest absolute Gasteiger partial charge is 0.125 e. The lowest BCUT2D eigenvalue weighted by molar-refractivity contribution is 0.270. The molecule has 0 aliphatic carbocycles. The number of fused-ring (bicyclic) bond motifs is 1. The maximum absolute atomic E-state index is 6.13. The van der Waals surface area contributed by atoms with Gasteiger partial charge in [-0.3, -0.25) is 0 Å². The van der Waals surface area contributed by atoms with Crippen LogP contribution in [0.25, 0.3) is 11.0 Å². The number of hydrogen-bond donors (Lipinski definition) is 0. The molecule has 0 aliphatic rings. The number of halogens is 1. The van der Waals surface area contributed by atoms with E-state index in [9.17, 15) is 0 Å². The second-order valence-corrected chi connectivity index (χ2v) is 6.23. The highest BCUT2D eigenvalue weighted by atomic mass is 35.5. The Bertz CT molecular complexity index is 607. The van der Waals surface area contributed by atoms with Crippen molar-refractivity contribution < 1.29 is 4.74 Å². The van der Waals surface area contributed by atoms with Crippen LogP contribution in [0.1, 0.15) is 25.7 Å². The Labute approximate surface area is 131 Å². The Morgan fingerprint density at radius 2 is 2.05 bits per heavy atom. The van der Waals surface area contributed by atoms with Gasteiger partial charge < -0.3 is 14.2 Å². The van der Waals surface area contributed by atoms with Crippen molar-refractivity contribution in [2.24, 2.45) is 5.92 Å². The molecule has 2 aromatic rings. The molecule has 1 aromatic heterocycles. The maximum Gasteiger partial charge on any atom is 0.125 e. The van der Waals surface area contributed by atoms with Crippen molar-refractivity contribution in [1.29, 1.82) is 0 Å². The van der Waals surface area contributed by atoms with E-state index in [-0.39, 0.29) is 0 Å². The van der Waals surface area contributed by atoms with Crippen molar-refractivity contribution >= 4 is 22.6 Å². The molecule has 0 aliphatic heterocycles. The molecule has 21 heavy (non-hydrogen) atoms. The number of rotatable bonds is 6. The van der Waals surface area contributed by atoms with E-state index in [0.717, 1.165) is 29.2 Å². The summed E-state index contributed by atoms with van der Waals surface area (Å²) in [5, 5.41) is 0. The van der Waals surface area contributed by atoms with Crippen LogP contribution in [0.3, 0.4) is 0 Å². The van der Waals surface area contributed by atoms with Crippen LogP contribution in [0, 0.1) is 5.92 Å². The lowest BCUT2D eigenvalue weighted by atomic mass is 10.0. The number of benzene rings is 1. The molecular weight excluding hydrogens is 286 g/mol. The van der Waals surface area contributed by atoms with E-state index in [1.807, 2.05) is 12.1 Å². The summed E-state index contributed by atoms with van der Waals surface area (Å²) >= 11 is 6.13. The van der Waals surface area contributed by atoms with Gasteiger partial charge in [0.15, 0.2) is 0 Å². The normalized spacial score (nSPS) is 13.3. The van der Waals surface area contributed by atoms with Gasteiger partial charge >= 0.3 is 0 Å². The quantitative estimate of drug-likeness (QED) is 0.765. The minimum absolute atomic E-state index is 0.340. The Morgan fingerprint density at radius 3 is 2.57 bits per heavy atom. The van der Waals surface area contributed by atoms with Gasteiger partial charge in [0.25, 0.3) is 0 Å². The van der Waals surface area contributed by atoms with Gasteiger partial charge in [-0.2, -0.15) is 0 Å². The lowest BCUT2D eigenvalue weighted by Crippen LogP contribution is -2.29. The van der Waals surface area contributed by atoms with Gasteiger partial charge in [0.05, 0.1) is 30.1 Å². The Hall–Kier alpha value is -1.26. The van der Waals surface area contributed by atoms with Crippen LogP contribution in [-0.4, -0.2) is 42.2 Å². The molecule has 0 N–H and O–H groups in total. The molecule has 0 amide bonds. The standard InChI is InChI=1S/C16H24ClN3O/c1-11(2)15(10-19(3)4)20-14-7-6-12(21-5)8-13(14)18-16(20)9-17/h6-8,11,15H,9-10H2,1-5H3. The van der Waals surface area contributed by atoms with Gasteiger partial charge in [-0.1, -0.05) is 13.8 Å². The number of aromatic nitrogens is 2. The molecule has 0 saturated heterocycles.